The zero-order chi connectivity index (χ0) is 20.3. The van der Waals surface area contributed by atoms with E-state index in [-0.39, 0.29) is 0 Å². The number of fused-ring (bicyclic) bond motifs is 2. The molecule has 4 heterocycles. The molecule has 4 aromatic rings. The fourth-order valence-corrected chi connectivity index (χ4v) is 5.84. The van der Waals surface area contributed by atoms with Gasteiger partial charge in [0.15, 0.2) is 0 Å². The number of para-hydroxylation sites is 1. The summed E-state index contributed by atoms with van der Waals surface area (Å²) in [6.07, 6.45) is 12.0. The Hall–Kier alpha value is -2.86. The van der Waals surface area contributed by atoms with Gasteiger partial charge in [-0.2, -0.15) is 0 Å². The van der Waals surface area contributed by atoms with Crippen molar-refractivity contribution in [2.75, 3.05) is 18.0 Å². The number of hydrogen-bond acceptors (Lipinski definition) is 4. The van der Waals surface area contributed by atoms with Gasteiger partial charge in [-0.15, -0.1) is 0 Å². The molecule has 6 heteroatoms. The number of anilines is 1. The number of nitrogens with zero attached hydrogens (tertiary/aromatic N) is 4. The van der Waals surface area contributed by atoms with Gasteiger partial charge in [0, 0.05) is 48.8 Å². The SMILES string of the molecule is Cc1nc(N2CCC3(CCC[C@H]3N)CC2)n2ccnc2c1-c1cccc2cc[nH]c12. The number of H-pyrrole nitrogens is 1. The lowest BCUT2D eigenvalue weighted by atomic mass is 9.74. The quantitative estimate of drug-likeness (QED) is 0.526. The van der Waals surface area contributed by atoms with Crippen LogP contribution in [-0.4, -0.2) is 38.5 Å². The summed E-state index contributed by atoms with van der Waals surface area (Å²) in [4.78, 5) is 15.7. The van der Waals surface area contributed by atoms with E-state index < -0.39 is 0 Å². The smallest absolute Gasteiger partial charge is 0.211 e. The summed E-state index contributed by atoms with van der Waals surface area (Å²) >= 11 is 0. The molecule has 6 rings (SSSR count). The zero-order valence-corrected chi connectivity index (χ0v) is 17.4. The summed E-state index contributed by atoms with van der Waals surface area (Å²) < 4.78 is 2.16. The Bertz CT molecular complexity index is 1230. The maximum absolute atomic E-state index is 6.50. The predicted octanol–water partition coefficient (Wildman–Crippen LogP) is 4.28. The molecule has 1 spiro atoms. The molecule has 0 unspecified atom stereocenters. The molecule has 0 amide bonds. The normalized spacial score (nSPS) is 21.3. The number of benzene rings is 1. The van der Waals surface area contributed by atoms with Gasteiger partial charge < -0.3 is 15.6 Å². The molecule has 1 aromatic carbocycles. The molecule has 2 aliphatic rings. The predicted molar refractivity (Wildman–Crippen MR) is 121 cm³/mol. The summed E-state index contributed by atoms with van der Waals surface area (Å²) in [7, 11) is 0. The van der Waals surface area contributed by atoms with Crippen molar-refractivity contribution in [2.24, 2.45) is 11.1 Å². The molecular formula is C24H28N6. The summed E-state index contributed by atoms with van der Waals surface area (Å²) in [5.41, 5.74) is 12.2. The monoisotopic (exact) mass is 400 g/mol. The first-order chi connectivity index (χ1) is 14.7. The zero-order valence-electron chi connectivity index (χ0n) is 17.4. The van der Waals surface area contributed by atoms with Crippen LogP contribution in [0.5, 0.6) is 0 Å². The van der Waals surface area contributed by atoms with Crippen molar-refractivity contribution < 1.29 is 0 Å². The summed E-state index contributed by atoms with van der Waals surface area (Å²) in [6.45, 7) is 4.13. The highest BCUT2D eigenvalue weighted by atomic mass is 15.3. The maximum atomic E-state index is 6.50. The van der Waals surface area contributed by atoms with E-state index in [4.69, 9.17) is 15.7 Å². The Morgan fingerprint density at radius 3 is 2.83 bits per heavy atom. The van der Waals surface area contributed by atoms with Crippen LogP contribution in [0.3, 0.4) is 0 Å². The Morgan fingerprint density at radius 2 is 2.03 bits per heavy atom. The van der Waals surface area contributed by atoms with Crippen molar-refractivity contribution in [3.05, 3.63) is 48.5 Å². The van der Waals surface area contributed by atoms with E-state index in [1.807, 2.05) is 18.6 Å². The third-order valence-corrected chi connectivity index (χ3v) is 7.58. The molecule has 3 aromatic heterocycles. The first-order valence-electron chi connectivity index (χ1n) is 11.1. The molecule has 0 radical (unpaired) electrons. The maximum Gasteiger partial charge on any atom is 0.211 e. The lowest BCUT2D eigenvalue weighted by Gasteiger charge is -2.42. The second kappa shape index (κ2) is 6.57. The van der Waals surface area contributed by atoms with E-state index in [1.54, 1.807) is 0 Å². The number of aromatic amines is 1. The molecule has 154 valence electrons. The van der Waals surface area contributed by atoms with E-state index in [0.29, 0.717) is 11.5 Å². The highest BCUT2D eigenvalue weighted by Crippen LogP contribution is 2.46. The molecular weight excluding hydrogens is 372 g/mol. The van der Waals surface area contributed by atoms with E-state index >= 15 is 0 Å². The van der Waals surface area contributed by atoms with E-state index in [9.17, 15) is 0 Å². The van der Waals surface area contributed by atoms with E-state index in [2.05, 4.69) is 45.5 Å². The van der Waals surface area contributed by atoms with Gasteiger partial charge in [0.25, 0.3) is 0 Å². The van der Waals surface area contributed by atoms with Crippen LogP contribution in [0.15, 0.2) is 42.9 Å². The Morgan fingerprint density at radius 1 is 1.17 bits per heavy atom. The van der Waals surface area contributed by atoms with Gasteiger partial charge in [0.1, 0.15) is 5.65 Å². The average Bonchev–Trinajstić information content (AvgIpc) is 3.49. The molecule has 1 atom stereocenters. The molecule has 6 nitrogen and oxygen atoms in total. The molecule has 1 aliphatic carbocycles. The van der Waals surface area contributed by atoms with Gasteiger partial charge in [-0.25, -0.2) is 9.97 Å². The molecule has 0 bridgehead atoms. The van der Waals surface area contributed by atoms with E-state index in [1.165, 1.54) is 24.6 Å². The van der Waals surface area contributed by atoms with Crippen LogP contribution in [0.1, 0.15) is 37.8 Å². The van der Waals surface area contributed by atoms with Gasteiger partial charge in [-0.3, -0.25) is 4.40 Å². The fraction of sp³-hybridized carbons (Fsp3) is 0.417. The van der Waals surface area contributed by atoms with Gasteiger partial charge in [-0.05, 0) is 49.5 Å². The van der Waals surface area contributed by atoms with Crippen LogP contribution in [0.4, 0.5) is 5.95 Å². The van der Waals surface area contributed by atoms with Gasteiger partial charge >= 0.3 is 0 Å². The first-order valence-corrected chi connectivity index (χ1v) is 11.1. The highest BCUT2D eigenvalue weighted by Gasteiger charge is 2.43. The summed E-state index contributed by atoms with van der Waals surface area (Å²) in [5, 5.41) is 1.20. The van der Waals surface area contributed by atoms with Crippen LogP contribution in [0, 0.1) is 12.3 Å². The molecule has 1 saturated heterocycles. The molecule has 1 aliphatic heterocycles. The third kappa shape index (κ3) is 2.53. The van der Waals surface area contributed by atoms with Crippen molar-refractivity contribution in [1.29, 1.82) is 0 Å². The Labute approximate surface area is 176 Å². The van der Waals surface area contributed by atoms with Crippen LogP contribution >= 0.6 is 0 Å². The minimum absolute atomic E-state index is 0.350. The minimum atomic E-state index is 0.350. The summed E-state index contributed by atoms with van der Waals surface area (Å²) in [5.74, 6) is 1.00. The highest BCUT2D eigenvalue weighted by molar-refractivity contribution is 5.98. The third-order valence-electron chi connectivity index (χ3n) is 7.58. The van der Waals surface area contributed by atoms with Crippen LogP contribution in [-0.2, 0) is 0 Å². The number of imidazole rings is 1. The lowest BCUT2D eigenvalue weighted by Crippen LogP contribution is -2.47. The topological polar surface area (TPSA) is 75.2 Å². The van der Waals surface area contributed by atoms with Crippen LogP contribution in [0.25, 0.3) is 27.7 Å². The average molecular weight is 401 g/mol. The Kier molecular flexibility index (Phi) is 3.93. The minimum Gasteiger partial charge on any atom is -0.361 e. The van der Waals surface area contributed by atoms with Crippen molar-refractivity contribution in [1.82, 2.24) is 19.4 Å². The molecule has 1 saturated carbocycles. The number of aryl methyl sites for hydroxylation is 1. The number of piperidine rings is 1. The molecule has 3 N–H and O–H groups in total. The lowest BCUT2D eigenvalue weighted by molar-refractivity contribution is 0.197. The second-order valence-corrected chi connectivity index (χ2v) is 9.09. The van der Waals surface area contributed by atoms with Crippen molar-refractivity contribution in [2.45, 2.75) is 45.1 Å². The van der Waals surface area contributed by atoms with Gasteiger partial charge in [0.2, 0.25) is 5.95 Å². The van der Waals surface area contributed by atoms with Gasteiger partial charge in [0.05, 0.1) is 11.2 Å². The second-order valence-electron chi connectivity index (χ2n) is 9.09. The van der Waals surface area contributed by atoms with Crippen LogP contribution in [0.2, 0.25) is 0 Å². The van der Waals surface area contributed by atoms with E-state index in [0.717, 1.165) is 59.9 Å². The number of nitrogens with two attached hydrogens (primary N) is 1. The first kappa shape index (κ1) is 18.0. The number of nitrogens with one attached hydrogen (secondary N) is 1. The largest absolute Gasteiger partial charge is 0.361 e. The fourth-order valence-electron chi connectivity index (χ4n) is 5.84. The number of aromatic nitrogens is 4. The van der Waals surface area contributed by atoms with Crippen LogP contribution < -0.4 is 10.6 Å². The number of rotatable bonds is 2. The van der Waals surface area contributed by atoms with Crippen molar-refractivity contribution in [3.8, 4) is 11.1 Å². The standard InChI is InChI=1S/C24H28N6/c1-16-20(18-5-2-4-17-7-11-26-21(17)18)22-27-12-15-30(22)23(28-16)29-13-9-24(10-14-29)8-3-6-19(24)25/h2,4-5,7,11-12,15,19,26H,3,6,8-10,13-14,25H2,1H3/t19-/m1/s1. The number of hydrogen-bond donors (Lipinski definition) is 2. The van der Waals surface area contributed by atoms with Crippen molar-refractivity contribution in [3.63, 3.8) is 0 Å². The summed E-state index contributed by atoms with van der Waals surface area (Å²) in [6, 6.07) is 8.87. The molecule has 30 heavy (non-hydrogen) atoms. The molecule has 2 fully saturated rings. The van der Waals surface area contributed by atoms with Crippen molar-refractivity contribution >= 4 is 22.5 Å². The van der Waals surface area contributed by atoms with Gasteiger partial charge in [-0.1, -0.05) is 24.6 Å². The Balaban J connectivity index is 1.42.